The van der Waals surface area contributed by atoms with Crippen molar-refractivity contribution >= 4 is 21.9 Å². The summed E-state index contributed by atoms with van der Waals surface area (Å²) in [6.07, 6.45) is 3.51. The maximum atomic E-state index is 12.2. The molecule has 0 bridgehead atoms. The number of nitrogens with one attached hydrogen (secondary N) is 1. The van der Waals surface area contributed by atoms with E-state index in [0.29, 0.717) is 6.42 Å². The standard InChI is InChI=1S/C14H21N3O5S/c1-5-6-7-11(14(19)20)15-13(18)12-8-10(9-17(12)4)23(21,22)16(2)3/h5,8-9,11H,1,6-7H2,2-4H3,(H,15,18)(H,19,20). The molecule has 0 aliphatic rings. The van der Waals surface area contributed by atoms with Gasteiger partial charge in [0.25, 0.3) is 5.91 Å². The zero-order chi connectivity index (χ0) is 17.8. The number of nitrogens with zero attached hydrogens (tertiary/aromatic N) is 2. The first-order valence-electron chi connectivity index (χ1n) is 6.84. The highest BCUT2D eigenvalue weighted by molar-refractivity contribution is 7.89. The molecule has 1 amide bonds. The van der Waals surface area contributed by atoms with E-state index in [1.54, 1.807) is 6.08 Å². The Bertz CT molecular complexity index is 706. The molecule has 0 saturated carbocycles. The fourth-order valence-electron chi connectivity index (χ4n) is 1.89. The lowest BCUT2D eigenvalue weighted by atomic mass is 10.1. The van der Waals surface area contributed by atoms with Gasteiger partial charge in [-0.15, -0.1) is 6.58 Å². The van der Waals surface area contributed by atoms with Gasteiger partial charge in [-0.2, -0.15) is 0 Å². The second-order valence-electron chi connectivity index (χ2n) is 5.19. The second kappa shape index (κ2) is 7.42. The van der Waals surface area contributed by atoms with E-state index in [9.17, 15) is 18.0 Å². The maximum Gasteiger partial charge on any atom is 0.326 e. The van der Waals surface area contributed by atoms with Crippen molar-refractivity contribution in [3.8, 4) is 0 Å². The van der Waals surface area contributed by atoms with E-state index in [2.05, 4.69) is 11.9 Å². The van der Waals surface area contributed by atoms with Gasteiger partial charge in [-0.25, -0.2) is 17.5 Å². The molecular formula is C14H21N3O5S. The third-order valence-electron chi connectivity index (χ3n) is 3.25. The molecule has 1 aromatic heterocycles. The lowest BCUT2D eigenvalue weighted by Gasteiger charge is -2.13. The van der Waals surface area contributed by atoms with Crippen molar-refractivity contribution in [3.05, 3.63) is 30.6 Å². The third kappa shape index (κ3) is 4.42. The highest BCUT2D eigenvalue weighted by Gasteiger charge is 2.25. The molecule has 1 aromatic rings. The molecule has 128 valence electrons. The van der Waals surface area contributed by atoms with Crippen LogP contribution < -0.4 is 5.32 Å². The molecule has 9 heteroatoms. The molecule has 0 aromatic carbocycles. The van der Waals surface area contributed by atoms with Crippen LogP contribution in [0.4, 0.5) is 0 Å². The average molecular weight is 343 g/mol. The van der Waals surface area contributed by atoms with E-state index in [-0.39, 0.29) is 17.0 Å². The van der Waals surface area contributed by atoms with Crippen molar-refractivity contribution in [2.75, 3.05) is 14.1 Å². The molecule has 23 heavy (non-hydrogen) atoms. The van der Waals surface area contributed by atoms with Crippen LogP contribution in [0, 0.1) is 0 Å². The molecule has 0 aliphatic heterocycles. The van der Waals surface area contributed by atoms with Crippen molar-refractivity contribution in [1.82, 2.24) is 14.2 Å². The minimum Gasteiger partial charge on any atom is -0.480 e. The molecule has 2 N–H and O–H groups in total. The van der Waals surface area contributed by atoms with Crippen molar-refractivity contribution in [1.29, 1.82) is 0 Å². The van der Waals surface area contributed by atoms with Gasteiger partial charge in [0.2, 0.25) is 10.0 Å². The van der Waals surface area contributed by atoms with Crippen LogP contribution in [0.1, 0.15) is 23.3 Å². The number of hydrogen-bond acceptors (Lipinski definition) is 4. The van der Waals surface area contributed by atoms with Crippen molar-refractivity contribution in [2.45, 2.75) is 23.8 Å². The smallest absolute Gasteiger partial charge is 0.326 e. The molecular weight excluding hydrogens is 322 g/mol. The van der Waals surface area contributed by atoms with Crippen molar-refractivity contribution < 1.29 is 23.1 Å². The average Bonchev–Trinajstić information content (AvgIpc) is 2.85. The Morgan fingerprint density at radius 1 is 1.48 bits per heavy atom. The minimum atomic E-state index is -3.67. The summed E-state index contributed by atoms with van der Waals surface area (Å²) in [5.41, 5.74) is 0.0651. The van der Waals surface area contributed by atoms with Crippen LogP contribution in [0.2, 0.25) is 0 Å². The Kier molecular flexibility index (Phi) is 6.11. The highest BCUT2D eigenvalue weighted by atomic mass is 32.2. The summed E-state index contributed by atoms with van der Waals surface area (Å²) in [7, 11) is 0.622. The Morgan fingerprint density at radius 2 is 2.09 bits per heavy atom. The summed E-state index contributed by atoms with van der Waals surface area (Å²) in [5.74, 6) is -1.81. The lowest BCUT2D eigenvalue weighted by molar-refractivity contribution is -0.139. The number of aryl methyl sites for hydroxylation is 1. The van der Waals surface area contributed by atoms with Gasteiger partial charge in [0.1, 0.15) is 16.6 Å². The molecule has 0 fully saturated rings. The Morgan fingerprint density at radius 3 is 2.57 bits per heavy atom. The number of rotatable bonds is 8. The van der Waals surface area contributed by atoms with Crippen LogP contribution in [-0.2, 0) is 21.9 Å². The first kappa shape index (κ1) is 18.9. The van der Waals surface area contributed by atoms with E-state index >= 15 is 0 Å². The number of carboxylic acid groups (broad SMARTS) is 1. The largest absolute Gasteiger partial charge is 0.480 e. The highest BCUT2D eigenvalue weighted by Crippen LogP contribution is 2.16. The fourth-order valence-corrected chi connectivity index (χ4v) is 2.86. The van der Waals surface area contributed by atoms with Crippen LogP contribution in [0.5, 0.6) is 0 Å². The zero-order valence-electron chi connectivity index (χ0n) is 13.3. The van der Waals surface area contributed by atoms with Gasteiger partial charge in [0.05, 0.1) is 0 Å². The summed E-state index contributed by atoms with van der Waals surface area (Å²) >= 11 is 0. The Hall–Kier alpha value is -2.13. The molecule has 0 aliphatic carbocycles. The van der Waals surface area contributed by atoms with Gasteiger partial charge in [0.15, 0.2) is 0 Å². The first-order chi connectivity index (χ1) is 10.6. The number of amides is 1. The van der Waals surface area contributed by atoms with Crippen LogP contribution in [0.25, 0.3) is 0 Å². The van der Waals surface area contributed by atoms with Crippen LogP contribution in [0.3, 0.4) is 0 Å². The van der Waals surface area contributed by atoms with E-state index in [1.807, 2.05) is 0 Å². The van der Waals surface area contributed by atoms with E-state index in [4.69, 9.17) is 5.11 Å². The number of carbonyl (C=O) groups is 2. The SMILES string of the molecule is C=CCCC(NC(=O)c1cc(S(=O)(=O)N(C)C)cn1C)C(=O)O. The second-order valence-corrected chi connectivity index (χ2v) is 7.34. The molecule has 0 spiro atoms. The summed E-state index contributed by atoms with van der Waals surface area (Å²) in [6.45, 7) is 3.51. The Balaban J connectivity index is 3.03. The topological polar surface area (TPSA) is 109 Å². The van der Waals surface area contributed by atoms with E-state index in [1.165, 1.54) is 38.0 Å². The van der Waals surface area contributed by atoms with Crippen molar-refractivity contribution in [3.63, 3.8) is 0 Å². The number of allylic oxidation sites excluding steroid dienone is 1. The number of carbonyl (C=O) groups excluding carboxylic acids is 1. The molecule has 8 nitrogen and oxygen atoms in total. The fraction of sp³-hybridized carbons (Fsp3) is 0.429. The molecule has 0 saturated heterocycles. The van der Waals surface area contributed by atoms with Crippen LogP contribution >= 0.6 is 0 Å². The quantitative estimate of drug-likeness (QED) is 0.665. The monoisotopic (exact) mass is 343 g/mol. The van der Waals surface area contributed by atoms with Gasteiger partial charge < -0.3 is 15.0 Å². The number of aromatic nitrogens is 1. The van der Waals surface area contributed by atoms with Crippen LogP contribution in [0.15, 0.2) is 29.8 Å². The predicted octanol–water partition coefficient (Wildman–Crippen LogP) is 0.425. The van der Waals surface area contributed by atoms with E-state index in [0.717, 1.165) is 4.31 Å². The number of carboxylic acids is 1. The van der Waals surface area contributed by atoms with Gasteiger partial charge >= 0.3 is 5.97 Å². The zero-order valence-corrected chi connectivity index (χ0v) is 14.1. The Labute approximate surface area is 135 Å². The number of hydrogen-bond donors (Lipinski definition) is 2. The predicted molar refractivity (Wildman–Crippen MR) is 84.6 cm³/mol. The lowest BCUT2D eigenvalue weighted by Crippen LogP contribution is -2.41. The number of aliphatic carboxylic acids is 1. The van der Waals surface area contributed by atoms with Gasteiger partial charge in [-0.05, 0) is 18.9 Å². The van der Waals surface area contributed by atoms with Crippen molar-refractivity contribution in [2.24, 2.45) is 7.05 Å². The maximum absolute atomic E-state index is 12.2. The molecule has 1 unspecified atom stereocenters. The first-order valence-corrected chi connectivity index (χ1v) is 8.28. The molecule has 1 heterocycles. The number of sulfonamides is 1. The summed E-state index contributed by atoms with van der Waals surface area (Å²) in [4.78, 5) is 23.3. The van der Waals surface area contributed by atoms with Gasteiger partial charge in [-0.1, -0.05) is 6.08 Å². The summed E-state index contributed by atoms with van der Waals surface area (Å²) < 4.78 is 26.5. The molecule has 0 radical (unpaired) electrons. The van der Waals surface area contributed by atoms with Gasteiger partial charge in [-0.3, -0.25) is 4.79 Å². The van der Waals surface area contributed by atoms with Gasteiger partial charge in [0, 0.05) is 27.3 Å². The molecule has 1 rings (SSSR count). The third-order valence-corrected chi connectivity index (χ3v) is 5.03. The summed E-state index contributed by atoms with van der Waals surface area (Å²) in [6, 6.07) is 0.154. The minimum absolute atomic E-state index is 0.0342. The van der Waals surface area contributed by atoms with Crippen LogP contribution in [-0.4, -0.2) is 54.4 Å². The normalized spacial score (nSPS) is 12.9. The molecule has 1 atom stereocenters. The summed E-state index contributed by atoms with van der Waals surface area (Å²) in [5, 5.41) is 11.5. The van der Waals surface area contributed by atoms with E-state index < -0.39 is 27.9 Å².